The van der Waals surface area contributed by atoms with E-state index < -0.39 is 0 Å². The predicted molar refractivity (Wildman–Crippen MR) is 83.5 cm³/mol. The Bertz CT molecular complexity index is 456. The number of rotatable bonds is 9. The van der Waals surface area contributed by atoms with E-state index in [4.69, 9.17) is 26.5 Å². The van der Waals surface area contributed by atoms with Gasteiger partial charge in [0.1, 0.15) is 0 Å². The van der Waals surface area contributed by atoms with E-state index in [1.807, 2.05) is 32.9 Å². The second-order valence-corrected chi connectivity index (χ2v) is 4.27. The zero-order valence-corrected chi connectivity index (χ0v) is 12.9. The molecule has 0 aliphatic rings. The van der Waals surface area contributed by atoms with E-state index in [-0.39, 0.29) is 6.04 Å². The lowest BCUT2D eigenvalue weighted by Crippen LogP contribution is -2.27. The molecule has 1 unspecified atom stereocenters. The Morgan fingerprint density at radius 2 is 1.62 bits per heavy atom. The highest BCUT2D eigenvalue weighted by molar-refractivity contribution is 5.54. The molecule has 21 heavy (non-hydrogen) atoms. The van der Waals surface area contributed by atoms with E-state index in [2.05, 4.69) is 11.3 Å². The van der Waals surface area contributed by atoms with Crippen molar-refractivity contribution in [3.8, 4) is 29.6 Å². The molecule has 0 saturated carbocycles. The largest absolute Gasteiger partial charge is 0.490 e. The first-order chi connectivity index (χ1) is 10.2. The van der Waals surface area contributed by atoms with Crippen LogP contribution in [0.3, 0.4) is 0 Å². The van der Waals surface area contributed by atoms with Crippen LogP contribution < -0.4 is 25.5 Å². The summed E-state index contributed by atoms with van der Waals surface area (Å²) >= 11 is 0. The van der Waals surface area contributed by atoms with E-state index in [9.17, 15) is 0 Å². The van der Waals surface area contributed by atoms with Crippen LogP contribution >= 0.6 is 0 Å². The van der Waals surface area contributed by atoms with Crippen molar-refractivity contribution in [2.24, 2.45) is 5.84 Å². The van der Waals surface area contributed by atoms with Crippen LogP contribution in [-0.2, 0) is 0 Å². The number of nitrogens with two attached hydrogens (primary N) is 1. The summed E-state index contributed by atoms with van der Waals surface area (Å²) in [5.74, 6) is 10.1. The number of nitrogens with one attached hydrogen (secondary N) is 1. The number of benzene rings is 1. The van der Waals surface area contributed by atoms with Crippen molar-refractivity contribution in [1.29, 1.82) is 0 Å². The molecule has 0 heterocycles. The van der Waals surface area contributed by atoms with Crippen LogP contribution in [0.15, 0.2) is 12.1 Å². The fraction of sp³-hybridized carbons (Fsp3) is 0.500. The molecule has 1 aromatic carbocycles. The molecule has 1 atom stereocenters. The Kier molecular flexibility index (Phi) is 7.44. The van der Waals surface area contributed by atoms with Gasteiger partial charge in [-0.2, -0.15) is 0 Å². The summed E-state index contributed by atoms with van der Waals surface area (Å²) < 4.78 is 17.0. The predicted octanol–water partition coefficient (Wildman–Crippen LogP) is 2.41. The van der Waals surface area contributed by atoms with Gasteiger partial charge in [0.25, 0.3) is 0 Å². The summed E-state index contributed by atoms with van der Waals surface area (Å²) in [6.07, 6.45) is 5.85. The SMILES string of the molecule is C#CCC(NN)c1cc(OCC)c(OCC)c(OCC)c1. The van der Waals surface area contributed by atoms with Crippen molar-refractivity contribution in [2.45, 2.75) is 33.2 Å². The molecule has 0 fully saturated rings. The Morgan fingerprint density at radius 3 is 2.00 bits per heavy atom. The molecule has 5 nitrogen and oxygen atoms in total. The van der Waals surface area contributed by atoms with E-state index in [1.165, 1.54) is 0 Å². The second kappa shape index (κ2) is 9.11. The zero-order chi connectivity index (χ0) is 15.7. The molecule has 1 aromatic rings. The Morgan fingerprint density at radius 1 is 1.10 bits per heavy atom. The van der Waals surface area contributed by atoms with Gasteiger partial charge in [0.15, 0.2) is 11.5 Å². The van der Waals surface area contributed by atoms with E-state index in [1.54, 1.807) is 0 Å². The zero-order valence-electron chi connectivity index (χ0n) is 12.9. The van der Waals surface area contributed by atoms with Gasteiger partial charge < -0.3 is 14.2 Å². The number of terminal acetylenes is 1. The standard InChI is InChI=1S/C16H24N2O3/c1-5-9-13(18-17)12-10-14(19-6-2)16(21-8-4)15(11-12)20-7-3/h1,10-11,13,18H,6-9,17H2,2-4H3. The molecule has 5 heteroatoms. The van der Waals surface area contributed by atoms with Gasteiger partial charge in [-0.15, -0.1) is 12.3 Å². The van der Waals surface area contributed by atoms with Gasteiger partial charge >= 0.3 is 0 Å². The quantitative estimate of drug-likeness (QED) is 0.416. The van der Waals surface area contributed by atoms with Crippen LogP contribution in [0, 0.1) is 12.3 Å². The number of hydrazine groups is 1. The fourth-order valence-corrected chi connectivity index (χ4v) is 2.00. The third kappa shape index (κ3) is 4.55. The van der Waals surface area contributed by atoms with Crippen LogP contribution in [0.5, 0.6) is 17.2 Å². The van der Waals surface area contributed by atoms with Crippen molar-refractivity contribution in [1.82, 2.24) is 5.43 Å². The molecule has 0 aromatic heterocycles. The first-order valence-electron chi connectivity index (χ1n) is 7.17. The molecular weight excluding hydrogens is 268 g/mol. The van der Waals surface area contributed by atoms with Crippen LogP contribution in [0.25, 0.3) is 0 Å². The monoisotopic (exact) mass is 292 g/mol. The first-order valence-corrected chi connectivity index (χ1v) is 7.17. The maximum atomic E-state index is 5.66. The molecule has 0 amide bonds. The van der Waals surface area contributed by atoms with Crippen molar-refractivity contribution in [3.63, 3.8) is 0 Å². The van der Waals surface area contributed by atoms with Crippen molar-refractivity contribution >= 4 is 0 Å². The molecule has 3 N–H and O–H groups in total. The Hall–Kier alpha value is -1.90. The van der Waals surface area contributed by atoms with E-state index in [0.29, 0.717) is 43.5 Å². The minimum Gasteiger partial charge on any atom is -0.490 e. The topological polar surface area (TPSA) is 65.7 Å². The molecular formula is C16H24N2O3. The third-order valence-electron chi connectivity index (χ3n) is 2.86. The third-order valence-corrected chi connectivity index (χ3v) is 2.86. The molecule has 0 aliphatic heterocycles. The van der Waals surface area contributed by atoms with Gasteiger partial charge in [0.05, 0.1) is 25.9 Å². The molecule has 0 bridgehead atoms. The average molecular weight is 292 g/mol. The van der Waals surface area contributed by atoms with Crippen LogP contribution in [0.1, 0.15) is 38.8 Å². The molecule has 0 aliphatic carbocycles. The van der Waals surface area contributed by atoms with Gasteiger partial charge in [0, 0.05) is 6.42 Å². The van der Waals surface area contributed by atoms with Gasteiger partial charge in [-0.25, -0.2) is 0 Å². The van der Waals surface area contributed by atoms with Crippen LogP contribution in [0.2, 0.25) is 0 Å². The van der Waals surface area contributed by atoms with Crippen molar-refractivity contribution in [3.05, 3.63) is 17.7 Å². The molecule has 0 radical (unpaired) electrons. The summed E-state index contributed by atoms with van der Waals surface area (Å²) in [5, 5.41) is 0. The van der Waals surface area contributed by atoms with Gasteiger partial charge in [-0.3, -0.25) is 11.3 Å². The molecule has 116 valence electrons. The normalized spacial score (nSPS) is 11.6. The maximum Gasteiger partial charge on any atom is 0.203 e. The average Bonchev–Trinajstić information content (AvgIpc) is 2.48. The van der Waals surface area contributed by atoms with E-state index in [0.717, 1.165) is 5.56 Å². The number of hydrogen-bond donors (Lipinski definition) is 2. The van der Waals surface area contributed by atoms with Gasteiger partial charge in [-0.05, 0) is 38.5 Å². The number of ether oxygens (including phenoxy) is 3. The minimum atomic E-state index is -0.163. The maximum absolute atomic E-state index is 5.66. The number of hydrogen-bond acceptors (Lipinski definition) is 5. The summed E-state index contributed by atoms with van der Waals surface area (Å²) in [6, 6.07) is 3.61. The van der Waals surface area contributed by atoms with Gasteiger partial charge in [0.2, 0.25) is 5.75 Å². The fourth-order valence-electron chi connectivity index (χ4n) is 2.00. The highest BCUT2D eigenvalue weighted by Gasteiger charge is 2.18. The van der Waals surface area contributed by atoms with Crippen LogP contribution in [-0.4, -0.2) is 19.8 Å². The summed E-state index contributed by atoms with van der Waals surface area (Å²) in [4.78, 5) is 0. The lowest BCUT2D eigenvalue weighted by Gasteiger charge is -2.20. The summed E-state index contributed by atoms with van der Waals surface area (Å²) in [7, 11) is 0. The summed E-state index contributed by atoms with van der Waals surface area (Å²) in [5.41, 5.74) is 3.62. The first kappa shape index (κ1) is 17.2. The smallest absolute Gasteiger partial charge is 0.203 e. The van der Waals surface area contributed by atoms with E-state index >= 15 is 0 Å². The minimum absolute atomic E-state index is 0.163. The highest BCUT2D eigenvalue weighted by Crippen LogP contribution is 2.40. The van der Waals surface area contributed by atoms with Crippen molar-refractivity contribution in [2.75, 3.05) is 19.8 Å². The highest BCUT2D eigenvalue weighted by atomic mass is 16.5. The lowest BCUT2D eigenvalue weighted by molar-refractivity contribution is 0.260. The Labute approximate surface area is 126 Å². The lowest BCUT2D eigenvalue weighted by atomic mass is 10.0. The second-order valence-electron chi connectivity index (χ2n) is 4.27. The molecule has 1 rings (SSSR count). The molecule has 0 saturated heterocycles. The van der Waals surface area contributed by atoms with Crippen LogP contribution in [0.4, 0.5) is 0 Å². The Balaban J connectivity index is 3.30. The van der Waals surface area contributed by atoms with Crippen molar-refractivity contribution < 1.29 is 14.2 Å². The van der Waals surface area contributed by atoms with Gasteiger partial charge in [-0.1, -0.05) is 0 Å². The molecule has 0 spiro atoms. The summed E-state index contributed by atoms with van der Waals surface area (Å²) in [6.45, 7) is 7.35.